The maximum Gasteiger partial charge on any atom is 0.411 e. The Balaban J connectivity index is 1.42. The summed E-state index contributed by atoms with van der Waals surface area (Å²) in [6, 6.07) is 14.6. The fraction of sp³-hybridized carbons (Fsp3) is 0.100. The number of hydrogen-bond acceptors (Lipinski definition) is 5. The van der Waals surface area contributed by atoms with E-state index in [0.29, 0.717) is 17.1 Å². The molecule has 0 aliphatic carbocycles. The number of rotatable bonds is 3. The summed E-state index contributed by atoms with van der Waals surface area (Å²) in [5.41, 5.74) is 2.88. The Bertz CT molecular complexity index is 971. The first-order valence-corrected chi connectivity index (χ1v) is 8.55. The van der Waals surface area contributed by atoms with E-state index in [1.165, 1.54) is 12.5 Å². The van der Waals surface area contributed by atoms with Crippen LogP contribution in [0.3, 0.4) is 0 Å². The minimum Gasteiger partial charge on any atom is -0.465 e. The molecule has 28 heavy (non-hydrogen) atoms. The van der Waals surface area contributed by atoms with Gasteiger partial charge < -0.3 is 19.5 Å². The maximum absolute atomic E-state index is 12.0. The Kier molecular flexibility index (Phi) is 4.59. The molecule has 0 radical (unpaired) electrons. The van der Waals surface area contributed by atoms with E-state index in [4.69, 9.17) is 14.6 Å². The molecule has 0 atom stereocenters. The summed E-state index contributed by atoms with van der Waals surface area (Å²) in [5.74, 6) is 0.540. The van der Waals surface area contributed by atoms with Crippen LogP contribution in [0.5, 0.6) is 5.75 Å². The number of nitrogens with one attached hydrogen (secondary N) is 1. The van der Waals surface area contributed by atoms with E-state index < -0.39 is 12.2 Å². The lowest BCUT2D eigenvalue weighted by molar-refractivity contribution is 0.155. The van der Waals surface area contributed by atoms with E-state index in [1.807, 2.05) is 35.2 Å². The zero-order valence-corrected chi connectivity index (χ0v) is 14.7. The van der Waals surface area contributed by atoms with Crippen molar-refractivity contribution in [2.45, 2.75) is 6.61 Å². The van der Waals surface area contributed by atoms with Crippen LogP contribution in [-0.4, -0.2) is 28.7 Å². The zero-order valence-electron chi connectivity index (χ0n) is 14.7. The average molecular weight is 379 g/mol. The smallest absolute Gasteiger partial charge is 0.411 e. The number of nitrogens with zero attached hydrogens (tertiary/aromatic N) is 2. The minimum absolute atomic E-state index is 0.179. The summed E-state index contributed by atoms with van der Waals surface area (Å²) in [4.78, 5) is 26.1. The van der Waals surface area contributed by atoms with Gasteiger partial charge in [-0.3, -0.25) is 10.2 Å². The molecule has 8 nitrogen and oxygen atoms in total. The SMILES string of the molecule is O=C(Nc1ccc2c(c1)OC=C1CN(C(=O)O)C=CN12)OCc1ccccc1. The summed E-state index contributed by atoms with van der Waals surface area (Å²) in [7, 11) is 0. The normalized spacial score (nSPS) is 14.4. The van der Waals surface area contributed by atoms with E-state index in [9.17, 15) is 9.59 Å². The van der Waals surface area contributed by atoms with E-state index in [0.717, 1.165) is 16.2 Å². The molecule has 4 rings (SSSR count). The lowest BCUT2D eigenvalue weighted by Crippen LogP contribution is -2.37. The van der Waals surface area contributed by atoms with Gasteiger partial charge in [0.05, 0.1) is 17.9 Å². The Morgan fingerprint density at radius 1 is 1.14 bits per heavy atom. The summed E-state index contributed by atoms with van der Waals surface area (Å²) in [6.45, 7) is 0.371. The highest BCUT2D eigenvalue weighted by molar-refractivity contribution is 5.86. The number of carbonyl (C=O) groups excluding carboxylic acids is 1. The van der Waals surface area contributed by atoms with Crippen LogP contribution in [0.2, 0.25) is 0 Å². The lowest BCUT2D eigenvalue weighted by Gasteiger charge is -2.34. The van der Waals surface area contributed by atoms with Crippen molar-refractivity contribution in [3.63, 3.8) is 0 Å². The van der Waals surface area contributed by atoms with E-state index in [1.54, 1.807) is 24.4 Å². The van der Waals surface area contributed by atoms with Crippen molar-refractivity contribution in [3.8, 4) is 5.75 Å². The highest BCUT2D eigenvalue weighted by Gasteiger charge is 2.26. The van der Waals surface area contributed by atoms with Crippen molar-refractivity contribution in [1.82, 2.24) is 4.90 Å². The molecule has 2 aromatic carbocycles. The number of carbonyl (C=O) groups is 2. The van der Waals surface area contributed by atoms with E-state index in [-0.39, 0.29) is 13.2 Å². The largest absolute Gasteiger partial charge is 0.465 e. The third kappa shape index (κ3) is 3.61. The Hall–Kier alpha value is -3.94. The van der Waals surface area contributed by atoms with Crippen LogP contribution in [0.25, 0.3) is 0 Å². The van der Waals surface area contributed by atoms with Crippen LogP contribution in [0.4, 0.5) is 21.0 Å². The molecule has 0 bridgehead atoms. The van der Waals surface area contributed by atoms with Gasteiger partial charge in [-0.05, 0) is 17.7 Å². The number of ether oxygens (including phenoxy) is 2. The highest BCUT2D eigenvalue weighted by Crippen LogP contribution is 2.38. The predicted octanol–water partition coefficient (Wildman–Crippen LogP) is 3.94. The number of carboxylic acid groups (broad SMARTS) is 1. The van der Waals surface area contributed by atoms with E-state index >= 15 is 0 Å². The number of anilines is 2. The topological polar surface area (TPSA) is 91.3 Å². The van der Waals surface area contributed by atoms with Crippen LogP contribution < -0.4 is 15.0 Å². The first kappa shape index (κ1) is 17.5. The molecule has 8 heteroatoms. The van der Waals surface area contributed by atoms with Gasteiger partial charge in [-0.1, -0.05) is 30.3 Å². The minimum atomic E-state index is -1.03. The number of benzene rings is 2. The number of hydrogen-bond donors (Lipinski definition) is 2. The molecule has 2 heterocycles. The molecule has 2 amide bonds. The van der Waals surface area contributed by atoms with Crippen molar-refractivity contribution in [2.24, 2.45) is 0 Å². The van der Waals surface area contributed by atoms with Gasteiger partial charge in [0.15, 0.2) is 5.75 Å². The van der Waals surface area contributed by atoms with Crippen molar-refractivity contribution in [3.05, 3.63) is 78.5 Å². The third-order valence-corrected chi connectivity index (χ3v) is 4.28. The average Bonchev–Trinajstić information content (AvgIpc) is 2.72. The molecular weight excluding hydrogens is 362 g/mol. The molecule has 142 valence electrons. The molecular formula is C20H17N3O5. The van der Waals surface area contributed by atoms with Crippen LogP contribution in [0.1, 0.15) is 5.56 Å². The first-order chi connectivity index (χ1) is 13.6. The monoisotopic (exact) mass is 379 g/mol. The summed E-state index contributed by atoms with van der Waals surface area (Å²) in [5, 5.41) is 11.8. The lowest BCUT2D eigenvalue weighted by atomic mass is 10.2. The highest BCUT2D eigenvalue weighted by atomic mass is 16.5. The third-order valence-electron chi connectivity index (χ3n) is 4.28. The van der Waals surface area contributed by atoms with Gasteiger partial charge in [-0.2, -0.15) is 0 Å². The van der Waals surface area contributed by atoms with Gasteiger partial charge in [0.1, 0.15) is 12.9 Å². The molecule has 2 aromatic rings. The maximum atomic E-state index is 12.0. The van der Waals surface area contributed by atoms with Crippen LogP contribution >= 0.6 is 0 Å². The molecule has 0 unspecified atom stereocenters. The molecule has 2 aliphatic heterocycles. The predicted molar refractivity (Wildman–Crippen MR) is 102 cm³/mol. The summed E-state index contributed by atoms with van der Waals surface area (Å²) >= 11 is 0. The molecule has 0 fully saturated rings. The molecule has 2 aliphatic rings. The van der Waals surface area contributed by atoms with Crippen molar-refractivity contribution in [1.29, 1.82) is 0 Å². The molecule has 0 saturated carbocycles. The fourth-order valence-electron chi connectivity index (χ4n) is 2.90. The Labute approximate surface area is 160 Å². The second-order valence-electron chi connectivity index (χ2n) is 6.17. The van der Waals surface area contributed by atoms with Crippen LogP contribution in [-0.2, 0) is 11.3 Å². The van der Waals surface area contributed by atoms with Crippen LogP contribution in [0, 0.1) is 0 Å². The van der Waals surface area contributed by atoms with E-state index in [2.05, 4.69) is 5.32 Å². The van der Waals surface area contributed by atoms with Crippen molar-refractivity contribution in [2.75, 3.05) is 16.8 Å². The van der Waals surface area contributed by atoms with Gasteiger partial charge in [-0.25, -0.2) is 9.59 Å². The zero-order chi connectivity index (χ0) is 19.5. The second-order valence-corrected chi connectivity index (χ2v) is 6.17. The fourth-order valence-corrected chi connectivity index (χ4v) is 2.90. The first-order valence-electron chi connectivity index (χ1n) is 8.55. The molecule has 0 spiro atoms. The molecule has 0 aromatic heterocycles. The summed E-state index contributed by atoms with van der Waals surface area (Å²) < 4.78 is 10.8. The Morgan fingerprint density at radius 3 is 2.75 bits per heavy atom. The number of fused-ring (bicyclic) bond motifs is 3. The Morgan fingerprint density at radius 2 is 1.96 bits per heavy atom. The quantitative estimate of drug-likeness (QED) is 0.839. The number of amides is 2. The standard InChI is InChI=1S/C20H17N3O5/c24-19(28-12-14-4-2-1-3-5-14)21-15-6-7-17-18(10-15)27-13-16-11-22(20(25)26)8-9-23(16)17/h1-10,13H,11-12H2,(H,21,24)(H,25,26). The van der Waals surface area contributed by atoms with Gasteiger partial charge >= 0.3 is 12.2 Å². The van der Waals surface area contributed by atoms with Crippen LogP contribution in [0.15, 0.2) is 72.9 Å². The van der Waals surface area contributed by atoms with Gasteiger partial charge in [0.2, 0.25) is 0 Å². The molecule has 2 N–H and O–H groups in total. The van der Waals surface area contributed by atoms with Crippen molar-refractivity contribution >= 4 is 23.6 Å². The summed E-state index contributed by atoms with van der Waals surface area (Å²) in [6.07, 6.45) is 3.05. The van der Waals surface area contributed by atoms with Gasteiger partial charge in [-0.15, -0.1) is 0 Å². The van der Waals surface area contributed by atoms with Gasteiger partial charge in [0, 0.05) is 24.2 Å². The molecule has 0 saturated heterocycles. The van der Waals surface area contributed by atoms with Crippen molar-refractivity contribution < 1.29 is 24.2 Å². The van der Waals surface area contributed by atoms with Gasteiger partial charge in [0.25, 0.3) is 0 Å². The second kappa shape index (κ2) is 7.36.